The third-order valence-electron chi connectivity index (χ3n) is 3.03. The first-order valence-electron chi connectivity index (χ1n) is 6.55. The Kier molecular flexibility index (Phi) is 4.29. The Hall–Kier alpha value is -1.30. The Labute approximate surface area is 114 Å². The number of sulfone groups is 1. The Balaban J connectivity index is 2.03. The third-order valence-corrected chi connectivity index (χ3v) is 4.75. The second-order valence-corrected chi connectivity index (χ2v) is 7.40. The number of nitrogens with one attached hydrogen (secondary N) is 1. The number of ether oxygens (including phenoxy) is 1. The second-order valence-electron chi connectivity index (χ2n) is 5.09. The van der Waals surface area contributed by atoms with Crippen molar-refractivity contribution in [1.82, 2.24) is 4.98 Å². The minimum Gasteiger partial charge on any atom is -0.473 e. The Bertz CT molecular complexity index is 514. The molecule has 0 saturated carbocycles. The Morgan fingerprint density at radius 1 is 1.37 bits per heavy atom. The van der Waals surface area contributed by atoms with Crippen LogP contribution in [0.1, 0.15) is 26.7 Å². The molecule has 1 N–H and O–H groups in total. The fraction of sp³-hybridized carbons (Fsp3) is 0.615. The lowest BCUT2D eigenvalue weighted by atomic mass is 10.1. The van der Waals surface area contributed by atoms with Crippen LogP contribution < -0.4 is 10.1 Å². The molecule has 2 rings (SSSR count). The lowest BCUT2D eigenvalue weighted by Gasteiger charge is -2.25. The highest BCUT2D eigenvalue weighted by atomic mass is 32.2. The van der Waals surface area contributed by atoms with E-state index in [1.807, 2.05) is 26.0 Å². The highest BCUT2D eigenvalue weighted by Gasteiger charge is 2.24. The third kappa shape index (κ3) is 4.09. The van der Waals surface area contributed by atoms with E-state index >= 15 is 0 Å². The predicted molar refractivity (Wildman–Crippen MR) is 75.3 cm³/mol. The van der Waals surface area contributed by atoms with Crippen molar-refractivity contribution in [2.45, 2.75) is 38.8 Å². The molecule has 1 aliphatic rings. The van der Waals surface area contributed by atoms with Crippen molar-refractivity contribution in [3.63, 3.8) is 0 Å². The topological polar surface area (TPSA) is 68.3 Å². The first-order valence-corrected chi connectivity index (χ1v) is 8.37. The zero-order valence-corrected chi connectivity index (χ0v) is 12.1. The fourth-order valence-electron chi connectivity index (χ4n) is 2.07. The van der Waals surface area contributed by atoms with Gasteiger partial charge in [-0.3, -0.25) is 0 Å². The van der Waals surface area contributed by atoms with Crippen LogP contribution in [-0.2, 0) is 9.84 Å². The van der Waals surface area contributed by atoms with Gasteiger partial charge in [0, 0.05) is 12.2 Å². The molecular formula is C13H20N2O3S. The zero-order valence-electron chi connectivity index (χ0n) is 11.3. The number of anilines is 1. The number of rotatable bonds is 4. The normalized spacial score (nSPS) is 19.3. The van der Waals surface area contributed by atoms with E-state index in [4.69, 9.17) is 4.74 Å². The van der Waals surface area contributed by atoms with E-state index in [1.54, 1.807) is 6.20 Å². The predicted octanol–water partition coefficient (Wildman–Crippen LogP) is 1.86. The molecule has 1 saturated heterocycles. The smallest absolute Gasteiger partial charge is 0.237 e. The molecule has 0 radical (unpaired) electrons. The summed E-state index contributed by atoms with van der Waals surface area (Å²) >= 11 is 0. The molecule has 0 spiro atoms. The molecule has 1 aromatic rings. The number of hydrogen-bond acceptors (Lipinski definition) is 5. The molecule has 1 aliphatic heterocycles. The molecule has 0 atom stereocenters. The summed E-state index contributed by atoms with van der Waals surface area (Å²) in [4.78, 5) is 4.21. The van der Waals surface area contributed by atoms with Gasteiger partial charge in [0.1, 0.15) is 9.84 Å². The number of nitrogens with zero attached hydrogens (tertiary/aromatic N) is 1. The maximum Gasteiger partial charge on any atom is 0.237 e. The number of aromatic nitrogens is 1. The van der Waals surface area contributed by atoms with Crippen molar-refractivity contribution < 1.29 is 13.2 Å². The monoisotopic (exact) mass is 284 g/mol. The van der Waals surface area contributed by atoms with Gasteiger partial charge < -0.3 is 10.1 Å². The molecule has 2 heterocycles. The molecule has 0 unspecified atom stereocenters. The van der Waals surface area contributed by atoms with Crippen LogP contribution >= 0.6 is 0 Å². The first-order chi connectivity index (χ1) is 8.96. The van der Waals surface area contributed by atoms with Gasteiger partial charge in [-0.25, -0.2) is 13.4 Å². The van der Waals surface area contributed by atoms with E-state index in [0.29, 0.717) is 18.7 Å². The molecule has 0 bridgehead atoms. The van der Waals surface area contributed by atoms with Crippen LogP contribution in [0.25, 0.3) is 0 Å². The van der Waals surface area contributed by atoms with E-state index in [2.05, 4.69) is 10.3 Å². The van der Waals surface area contributed by atoms with Crippen LogP contribution in [0.15, 0.2) is 18.3 Å². The van der Waals surface area contributed by atoms with Crippen molar-refractivity contribution in [1.29, 1.82) is 0 Å². The Morgan fingerprint density at radius 3 is 2.68 bits per heavy atom. The summed E-state index contributed by atoms with van der Waals surface area (Å²) in [5.74, 6) is 1.09. The van der Waals surface area contributed by atoms with Crippen LogP contribution in [0.2, 0.25) is 0 Å². The summed E-state index contributed by atoms with van der Waals surface area (Å²) in [6.45, 7) is 3.90. The quantitative estimate of drug-likeness (QED) is 0.914. The van der Waals surface area contributed by atoms with Gasteiger partial charge in [-0.15, -0.1) is 0 Å². The molecule has 0 aliphatic carbocycles. The van der Waals surface area contributed by atoms with Crippen molar-refractivity contribution in [2.24, 2.45) is 0 Å². The maximum atomic E-state index is 11.4. The van der Waals surface area contributed by atoms with E-state index < -0.39 is 9.84 Å². The summed E-state index contributed by atoms with van der Waals surface area (Å²) in [5, 5.41) is 3.34. The van der Waals surface area contributed by atoms with Crippen LogP contribution in [0.5, 0.6) is 5.88 Å². The van der Waals surface area contributed by atoms with Crippen LogP contribution in [0, 0.1) is 0 Å². The minimum atomic E-state index is -2.82. The van der Waals surface area contributed by atoms with E-state index in [9.17, 15) is 8.42 Å². The highest BCUT2D eigenvalue weighted by Crippen LogP contribution is 2.25. The molecule has 1 fully saturated rings. The van der Waals surface area contributed by atoms with Gasteiger partial charge in [-0.2, -0.15) is 0 Å². The van der Waals surface area contributed by atoms with E-state index in [0.717, 1.165) is 5.69 Å². The SMILES string of the molecule is CC(C)Oc1ncccc1NC1CCS(=O)(=O)CC1. The van der Waals surface area contributed by atoms with Crippen molar-refractivity contribution in [2.75, 3.05) is 16.8 Å². The van der Waals surface area contributed by atoms with E-state index in [1.165, 1.54) is 0 Å². The Morgan fingerprint density at radius 2 is 2.05 bits per heavy atom. The van der Waals surface area contributed by atoms with Crippen molar-refractivity contribution in [3.05, 3.63) is 18.3 Å². The van der Waals surface area contributed by atoms with Gasteiger partial charge >= 0.3 is 0 Å². The molecule has 0 aromatic carbocycles. The zero-order chi connectivity index (χ0) is 13.9. The van der Waals surface area contributed by atoms with Crippen molar-refractivity contribution >= 4 is 15.5 Å². The number of pyridine rings is 1. The first kappa shape index (κ1) is 14.1. The van der Waals surface area contributed by atoms with Gasteiger partial charge in [0.05, 0.1) is 23.3 Å². The average Bonchev–Trinajstić information content (AvgIpc) is 2.33. The van der Waals surface area contributed by atoms with Gasteiger partial charge in [0.2, 0.25) is 5.88 Å². The lowest BCUT2D eigenvalue weighted by molar-refractivity contribution is 0.234. The summed E-state index contributed by atoms with van der Waals surface area (Å²) < 4.78 is 28.4. The molecule has 6 heteroatoms. The van der Waals surface area contributed by atoms with Gasteiger partial charge in [0.25, 0.3) is 0 Å². The van der Waals surface area contributed by atoms with Gasteiger partial charge in [-0.05, 0) is 38.8 Å². The van der Waals surface area contributed by atoms with Crippen LogP contribution in [0.3, 0.4) is 0 Å². The number of hydrogen-bond donors (Lipinski definition) is 1. The maximum absolute atomic E-state index is 11.4. The highest BCUT2D eigenvalue weighted by molar-refractivity contribution is 7.91. The molecule has 1 aromatic heterocycles. The van der Waals surface area contributed by atoms with Crippen LogP contribution in [0.4, 0.5) is 5.69 Å². The van der Waals surface area contributed by atoms with Crippen molar-refractivity contribution in [3.8, 4) is 5.88 Å². The second kappa shape index (κ2) is 5.77. The molecule has 19 heavy (non-hydrogen) atoms. The van der Waals surface area contributed by atoms with Gasteiger partial charge in [0.15, 0.2) is 0 Å². The fourth-order valence-corrected chi connectivity index (χ4v) is 3.56. The molecular weight excluding hydrogens is 264 g/mol. The average molecular weight is 284 g/mol. The van der Waals surface area contributed by atoms with E-state index in [-0.39, 0.29) is 23.7 Å². The largest absolute Gasteiger partial charge is 0.473 e. The summed E-state index contributed by atoms with van der Waals surface area (Å²) in [5.41, 5.74) is 0.834. The standard InChI is InChI=1S/C13H20N2O3S/c1-10(2)18-13-12(4-3-7-14-13)15-11-5-8-19(16,17)9-6-11/h3-4,7,10-11,15H,5-6,8-9H2,1-2H3. The van der Waals surface area contributed by atoms with Gasteiger partial charge in [-0.1, -0.05) is 0 Å². The summed E-state index contributed by atoms with van der Waals surface area (Å²) in [7, 11) is -2.82. The molecule has 106 valence electrons. The molecule has 0 amide bonds. The minimum absolute atomic E-state index is 0.0576. The summed E-state index contributed by atoms with van der Waals surface area (Å²) in [6, 6.07) is 3.92. The molecule has 5 nitrogen and oxygen atoms in total. The summed E-state index contributed by atoms with van der Waals surface area (Å²) in [6.07, 6.45) is 3.02. The van der Waals surface area contributed by atoms with Crippen LogP contribution in [-0.4, -0.2) is 37.1 Å². The lowest BCUT2D eigenvalue weighted by Crippen LogP contribution is -2.32.